The van der Waals surface area contributed by atoms with Crippen LogP contribution in [0.1, 0.15) is 42.5 Å². The van der Waals surface area contributed by atoms with Gasteiger partial charge in [-0.1, -0.05) is 54.6 Å². The molecule has 0 saturated carbocycles. The molecule has 0 spiro atoms. The van der Waals surface area contributed by atoms with E-state index >= 15 is 0 Å². The molecule has 2 atom stereocenters. The van der Waals surface area contributed by atoms with E-state index in [1.165, 1.54) is 0 Å². The van der Waals surface area contributed by atoms with E-state index in [1.807, 2.05) is 42.5 Å². The minimum absolute atomic E-state index is 0.124. The van der Waals surface area contributed by atoms with Crippen molar-refractivity contribution in [3.05, 3.63) is 95.6 Å². The fourth-order valence-corrected chi connectivity index (χ4v) is 3.40. The van der Waals surface area contributed by atoms with Gasteiger partial charge in [-0.3, -0.25) is 14.8 Å². The van der Waals surface area contributed by atoms with Crippen LogP contribution in [-0.2, 0) is 9.53 Å². The molecule has 33 heavy (non-hydrogen) atoms. The SMILES string of the molecule is CCOC(=O)CC[C@H](N=Cc1ccccc1O)[C@@H](N=Cc1ccccc1O)c1ccccc1. The quantitative estimate of drug-likeness (QED) is 0.337. The smallest absolute Gasteiger partial charge is 0.305 e. The Morgan fingerprint density at radius 1 is 0.848 bits per heavy atom. The van der Waals surface area contributed by atoms with Crippen molar-refractivity contribution in [2.75, 3.05) is 6.61 Å². The topological polar surface area (TPSA) is 91.5 Å². The van der Waals surface area contributed by atoms with Crippen molar-refractivity contribution < 1.29 is 19.7 Å². The average Bonchev–Trinajstić information content (AvgIpc) is 2.83. The van der Waals surface area contributed by atoms with E-state index in [1.54, 1.807) is 55.8 Å². The predicted molar refractivity (Wildman–Crippen MR) is 130 cm³/mol. The van der Waals surface area contributed by atoms with Crippen molar-refractivity contribution >= 4 is 18.4 Å². The molecule has 0 heterocycles. The molecule has 0 saturated heterocycles. The highest BCUT2D eigenvalue weighted by atomic mass is 16.5. The summed E-state index contributed by atoms with van der Waals surface area (Å²) in [5.74, 6) is -0.0371. The van der Waals surface area contributed by atoms with Gasteiger partial charge < -0.3 is 14.9 Å². The third kappa shape index (κ3) is 7.04. The normalized spacial score (nSPS) is 13.2. The Labute approximate surface area is 193 Å². The molecule has 3 aromatic carbocycles. The molecule has 3 rings (SSSR count). The van der Waals surface area contributed by atoms with E-state index in [9.17, 15) is 15.0 Å². The highest BCUT2D eigenvalue weighted by Crippen LogP contribution is 2.28. The predicted octanol–water partition coefficient (Wildman–Crippen LogP) is 5.09. The second-order valence-electron chi connectivity index (χ2n) is 7.44. The molecule has 6 heteroatoms. The van der Waals surface area contributed by atoms with Crippen LogP contribution >= 0.6 is 0 Å². The molecule has 0 aromatic heterocycles. The molecule has 0 amide bonds. The van der Waals surface area contributed by atoms with Crippen molar-refractivity contribution in [3.63, 3.8) is 0 Å². The van der Waals surface area contributed by atoms with Crippen LogP contribution in [0.2, 0.25) is 0 Å². The first kappa shape index (κ1) is 23.7. The lowest BCUT2D eigenvalue weighted by atomic mass is 9.96. The highest BCUT2D eigenvalue weighted by Gasteiger charge is 2.23. The molecule has 0 fully saturated rings. The maximum atomic E-state index is 12.1. The monoisotopic (exact) mass is 444 g/mol. The number of phenols is 2. The van der Waals surface area contributed by atoms with E-state index < -0.39 is 12.1 Å². The van der Waals surface area contributed by atoms with E-state index in [-0.39, 0.29) is 23.9 Å². The van der Waals surface area contributed by atoms with Crippen molar-refractivity contribution in [2.45, 2.75) is 31.8 Å². The summed E-state index contributed by atoms with van der Waals surface area (Å²) in [5.41, 5.74) is 2.09. The van der Waals surface area contributed by atoms with Crippen LogP contribution < -0.4 is 0 Å². The molecule has 0 aliphatic heterocycles. The summed E-state index contributed by atoms with van der Waals surface area (Å²) in [4.78, 5) is 21.6. The summed E-state index contributed by atoms with van der Waals surface area (Å²) in [6, 6.07) is 22.8. The molecular formula is C27H28N2O4. The van der Waals surface area contributed by atoms with Crippen LogP contribution in [0.5, 0.6) is 11.5 Å². The zero-order chi connectivity index (χ0) is 23.5. The van der Waals surface area contributed by atoms with Crippen LogP contribution in [0.25, 0.3) is 0 Å². The Morgan fingerprint density at radius 3 is 1.97 bits per heavy atom. The maximum Gasteiger partial charge on any atom is 0.305 e. The number of rotatable bonds is 10. The first-order valence-corrected chi connectivity index (χ1v) is 10.9. The fraction of sp³-hybridized carbons (Fsp3) is 0.222. The van der Waals surface area contributed by atoms with Crippen LogP contribution in [-0.4, -0.2) is 41.3 Å². The number of hydrogen-bond donors (Lipinski definition) is 2. The van der Waals surface area contributed by atoms with Gasteiger partial charge >= 0.3 is 5.97 Å². The summed E-state index contributed by atoms with van der Waals surface area (Å²) in [6.07, 6.45) is 3.82. The van der Waals surface area contributed by atoms with Gasteiger partial charge in [0, 0.05) is 30.0 Å². The molecule has 170 valence electrons. The highest BCUT2D eigenvalue weighted by molar-refractivity contribution is 5.84. The summed E-state index contributed by atoms with van der Waals surface area (Å²) >= 11 is 0. The minimum Gasteiger partial charge on any atom is -0.507 e. The fourth-order valence-electron chi connectivity index (χ4n) is 3.40. The van der Waals surface area contributed by atoms with Crippen LogP contribution in [0.4, 0.5) is 0 Å². The molecule has 0 aliphatic carbocycles. The second kappa shape index (κ2) is 12.2. The number of benzene rings is 3. The van der Waals surface area contributed by atoms with Crippen molar-refractivity contribution in [2.24, 2.45) is 9.98 Å². The van der Waals surface area contributed by atoms with Gasteiger partial charge in [0.2, 0.25) is 0 Å². The Balaban J connectivity index is 1.97. The zero-order valence-corrected chi connectivity index (χ0v) is 18.5. The van der Waals surface area contributed by atoms with Gasteiger partial charge in [0.25, 0.3) is 0 Å². The number of carbonyl (C=O) groups is 1. The first-order valence-electron chi connectivity index (χ1n) is 10.9. The van der Waals surface area contributed by atoms with E-state index in [2.05, 4.69) is 0 Å². The van der Waals surface area contributed by atoms with Crippen molar-refractivity contribution in [1.29, 1.82) is 0 Å². The Morgan fingerprint density at radius 2 is 1.39 bits per heavy atom. The van der Waals surface area contributed by atoms with Crippen molar-refractivity contribution in [3.8, 4) is 11.5 Å². The van der Waals surface area contributed by atoms with Gasteiger partial charge in [0.15, 0.2) is 0 Å². The standard InChI is InChI=1S/C27H28N2O4/c1-2-33-26(32)17-16-23(28-18-21-12-6-8-14-24(21)30)27(20-10-4-3-5-11-20)29-19-22-13-7-9-15-25(22)31/h3-15,18-19,23,27,30-31H,2,16-17H2,1H3/t23-,27-/m0/s1. The third-order valence-corrected chi connectivity index (χ3v) is 5.11. The second-order valence-corrected chi connectivity index (χ2v) is 7.44. The molecule has 6 nitrogen and oxygen atoms in total. The third-order valence-electron chi connectivity index (χ3n) is 5.11. The lowest BCUT2D eigenvalue weighted by Gasteiger charge is -2.21. The zero-order valence-electron chi connectivity index (χ0n) is 18.5. The molecule has 0 bridgehead atoms. The van der Waals surface area contributed by atoms with Gasteiger partial charge in [-0.15, -0.1) is 0 Å². The molecule has 3 aromatic rings. The number of esters is 1. The number of nitrogens with zero attached hydrogens (tertiary/aromatic N) is 2. The summed E-state index contributed by atoms with van der Waals surface area (Å²) in [5, 5.41) is 20.3. The number of aromatic hydroxyl groups is 2. The van der Waals surface area contributed by atoms with E-state index in [0.29, 0.717) is 24.2 Å². The van der Waals surface area contributed by atoms with Crippen molar-refractivity contribution in [1.82, 2.24) is 0 Å². The van der Waals surface area contributed by atoms with E-state index in [4.69, 9.17) is 14.7 Å². The Bertz CT molecular complexity index is 1100. The number of carbonyl (C=O) groups excluding carboxylic acids is 1. The van der Waals surface area contributed by atoms with Gasteiger partial charge in [-0.2, -0.15) is 0 Å². The van der Waals surface area contributed by atoms with Crippen LogP contribution in [0.3, 0.4) is 0 Å². The van der Waals surface area contributed by atoms with Gasteiger partial charge in [0.05, 0.1) is 18.7 Å². The van der Waals surface area contributed by atoms with Gasteiger partial charge in [0.1, 0.15) is 11.5 Å². The molecule has 0 radical (unpaired) electrons. The molecular weight excluding hydrogens is 416 g/mol. The number of aliphatic imine (C=N–C) groups is 2. The lowest BCUT2D eigenvalue weighted by Crippen LogP contribution is -2.18. The summed E-state index contributed by atoms with van der Waals surface area (Å²) < 4.78 is 5.10. The number of ether oxygens (including phenoxy) is 1. The van der Waals surface area contributed by atoms with Crippen LogP contribution in [0.15, 0.2) is 88.8 Å². The Hall–Kier alpha value is -3.93. The van der Waals surface area contributed by atoms with Gasteiger partial charge in [-0.05, 0) is 43.2 Å². The minimum atomic E-state index is -0.415. The summed E-state index contributed by atoms with van der Waals surface area (Å²) in [7, 11) is 0. The molecule has 0 unspecified atom stereocenters. The van der Waals surface area contributed by atoms with E-state index in [0.717, 1.165) is 5.56 Å². The van der Waals surface area contributed by atoms with Gasteiger partial charge in [-0.25, -0.2) is 0 Å². The maximum absolute atomic E-state index is 12.1. The molecule has 2 N–H and O–H groups in total. The molecule has 0 aliphatic rings. The first-order chi connectivity index (χ1) is 16.1. The Kier molecular flexibility index (Phi) is 8.77. The average molecular weight is 445 g/mol. The lowest BCUT2D eigenvalue weighted by molar-refractivity contribution is -0.143. The summed E-state index contributed by atoms with van der Waals surface area (Å²) in [6.45, 7) is 2.09. The van der Waals surface area contributed by atoms with Crippen LogP contribution in [0, 0.1) is 0 Å². The number of hydrogen-bond acceptors (Lipinski definition) is 6. The number of phenolic OH excluding ortho intramolecular Hbond substituents is 2. The largest absolute Gasteiger partial charge is 0.507 e. The number of para-hydroxylation sites is 2.